The summed E-state index contributed by atoms with van der Waals surface area (Å²) < 4.78 is 0.618. The fourth-order valence-corrected chi connectivity index (χ4v) is 4.32. The first kappa shape index (κ1) is 13.8. The number of H-pyrrole nitrogens is 1. The predicted octanol–water partition coefficient (Wildman–Crippen LogP) is 3.08. The molecule has 0 aliphatic heterocycles. The zero-order valence-electron chi connectivity index (χ0n) is 12.9. The van der Waals surface area contributed by atoms with Crippen molar-refractivity contribution in [1.82, 2.24) is 20.4 Å². The molecule has 0 saturated heterocycles. The number of aromatic nitrogens is 4. The van der Waals surface area contributed by atoms with E-state index in [0.717, 1.165) is 23.1 Å². The highest BCUT2D eigenvalue weighted by Crippen LogP contribution is 2.39. The van der Waals surface area contributed by atoms with Crippen LogP contribution in [-0.2, 0) is 12.8 Å². The monoisotopic (exact) mass is 314 g/mol. The van der Waals surface area contributed by atoms with E-state index in [9.17, 15) is 4.79 Å². The van der Waals surface area contributed by atoms with E-state index in [4.69, 9.17) is 4.98 Å². The maximum Gasteiger partial charge on any atom is 0.285 e. The Balaban J connectivity index is 1.92. The summed E-state index contributed by atoms with van der Waals surface area (Å²) in [5.41, 5.74) is 3.29. The smallest absolute Gasteiger partial charge is 0.266 e. The lowest BCUT2D eigenvalue weighted by Crippen LogP contribution is -2.27. The molecule has 1 atom stereocenters. The van der Waals surface area contributed by atoms with Crippen LogP contribution in [0.15, 0.2) is 10.9 Å². The number of rotatable bonds is 0. The van der Waals surface area contributed by atoms with E-state index in [2.05, 4.69) is 42.2 Å². The summed E-state index contributed by atoms with van der Waals surface area (Å²) in [5.74, 6) is 0.665. The average Bonchev–Trinajstić information content (AvgIpc) is 2.83. The van der Waals surface area contributed by atoms with Gasteiger partial charge in [-0.15, -0.1) is 16.4 Å². The molecule has 0 radical (unpaired) electrons. The van der Waals surface area contributed by atoms with Crippen LogP contribution < -0.4 is 5.56 Å². The second-order valence-corrected chi connectivity index (χ2v) is 8.17. The van der Waals surface area contributed by atoms with Gasteiger partial charge in [-0.1, -0.05) is 26.0 Å². The zero-order valence-corrected chi connectivity index (χ0v) is 13.8. The molecule has 3 heterocycles. The summed E-state index contributed by atoms with van der Waals surface area (Å²) in [5, 5.41) is 11.2. The van der Waals surface area contributed by atoms with E-state index < -0.39 is 0 Å². The molecule has 4 rings (SSSR count). The molecule has 3 aromatic rings. The Hall–Kier alpha value is -1.82. The molecule has 0 spiro atoms. The summed E-state index contributed by atoms with van der Waals surface area (Å²) in [4.78, 5) is 17.6. The number of fused-ring (bicyclic) bond motifs is 4. The third-order valence-electron chi connectivity index (χ3n) is 4.75. The second kappa shape index (κ2) is 4.59. The third-order valence-corrected chi connectivity index (χ3v) is 5.84. The Morgan fingerprint density at radius 2 is 2.18 bits per heavy atom. The van der Waals surface area contributed by atoms with Crippen LogP contribution in [0.3, 0.4) is 0 Å². The number of thiophene rings is 1. The minimum atomic E-state index is -0.182. The van der Waals surface area contributed by atoms with Crippen molar-refractivity contribution in [3.63, 3.8) is 0 Å². The molecule has 114 valence electrons. The fourth-order valence-electron chi connectivity index (χ4n) is 3.32. The fraction of sp³-hybridized carbons (Fsp3) is 0.500. The van der Waals surface area contributed by atoms with Crippen molar-refractivity contribution in [3.8, 4) is 0 Å². The van der Waals surface area contributed by atoms with E-state index in [-0.39, 0.29) is 5.56 Å². The van der Waals surface area contributed by atoms with Crippen molar-refractivity contribution >= 4 is 31.8 Å². The van der Waals surface area contributed by atoms with Crippen molar-refractivity contribution in [3.05, 3.63) is 27.7 Å². The maximum absolute atomic E-state index is 11.9. The number of nitrogens with one attached hydrogen (secondary N) is 1. The van der Waals surface area contributed by atoms with Crippen molar-refractivity contribution in [2.24, 2.45) is 11.3 Å². The SMILES string of the molecule is CC(C)(C)C1CCc2nc3sc4c(=O)[nH]nnc4c3cc2C1. The molecule has 3 aromatic heterocycles. The van der Waals surface area contributed by atoms with Crippen molar-refractivity contribution < 1.29 is 0 Å². The van der Waals surface area contributed by atoms with Gasteiger partial charge in [-0.05, 0) is 42.2 Å². The van der Waals surface area contributed by atoms with Crippen LogP contribution in [0.2, 0.25) is 0 Å². The number of hydrogen-bond acceptors (Lipinski definition) is 5. The molecular weight excluding hydrogens is 296 g/mol. The molecule has 22 heavy (non-hydrogen) atoms. The molecule has 0 bridgehead atoms. The Bertz CT molecular complexity index is 935. The minimum absolute atomic E-state index is 0.182. The standard InChI is InChI=1S/C16H18N4OS/c1-16(2,3)9-4-5-11-8(6-9)7-10-12-13(22-15(10)17-11)14(21)19-20-18-12/h7,9H,4-6H2,1-3H3,(H,18,19,21). The van der Waals surface area contributed by atoms with Gasteiger partial charge in [0.05, 0.1) is 0 Å². The highest BCUT2D eigenvalue weighted by atomic mass is 32.1. The highest BCUT2D eigenvalue weighted by Gasteiger charge is 2.29. The molecule has 1 unspecified atom stereocenters. The van der Waals surface area contributed by atoms with Crippen molar-refractivity contribution in [2.75, 3.05) is 0 Å². The number of aromatic amines is 1. The average molecular weight is 314 g/mol. The van der Waals surface area contributed by atoms with E-state index in [0.29, 0.717) is 21.5 Å². The van der Waals surface area contributed by atoms with Crippen LogP contribution in [0.1, 0.15) is 38.4 Å². The number of aryl methyl sites for hydroxylation is 1. The lowest BCUT2D eigenvalue weighted by molar-refractivity contribution is 0.215. The Morgan fingerprint density at radius 3 is 2.95 bits per heavy atom. The molecule has 0 amide bonds. The maximum atomic E-state index is 11.9. The predicted molar refractivity (Wildman–Crippen MR) is 88.3 cm³/mol. The topological polar surface area (TPSA) is 71.5 Å². The molecule has 5 nitrogen and oxygen atoms in total. The highest BCUT2D eigenvalue weighted by molar-refractivity contribution is 7.25. The van der Waals surface area contributed by atoms with Crippen LogP contribution in [-0.4, -0.2) is 20.4 Å². The third kappa shape index (κ3) is 2.05. The van der Waals surface area contributed by atoms with Gasteiger partial charge in [0, 0.05) is 11.1 Å². The van der Waals surface area contributed by atoms with Gasteiger partial charge in [-0.2, -0.15) is 0 Å². The lowest BCUT2D eigenvalue weighted by Gasteiger charge is -2.34. The first-order chi connectivity index (χ1) is 10.4. The Morgan fingerprint density at radius 1 is 1.36 bits per heavy atom. The molecule has 0 fully saturated rings. The van der Waals surface area contributed by atoms with Gasteiger partial charge in [0.15, 0.2) is 0 Å². The van der Waals surface area contributed by atoms with E-state index in [1.165, 1.54) is 29.0 Å². The molecule has 1 aliphatic carbocycles. The molecule has 1 N–H and O–H groups in total. The molecule has 0 saturated carbocycles. The van der Waals surface area contributed by atoms with Gasteiger partial charge in [0.1, 0.15) is 15.0 Å². The van der Waals surface area contributed by atoms with E-state index in [1.807, 2.05) is 0 Å². The number of nitrogens with zero attached hydrogens (tertiary/aromatic N) is 3. The number of hydrogen-bond donors (Lipinski definition) is 1. The van der Waals surface area contributed by atoms with Crippen molar-refractivity contribution in [1.29, 1.82) is 0 Å². The van der Waals surface area contributed by atoms with Crippen LogP contribution >= 0.6 is 11.3 Å². The summed E-state index contributed by atoms with van der Waals surface area (Å²) >= 11 is 1.41. The molecule has 6 heteroatoms. The van der Waals surface area contributed by atoms with Gasteiger partial charge in [-0.3, -0.25) is 4.79 Å². The van der Waals surface area contributed by atoms with Gasteiger partial charge in [-0.25, -0.2) is 10.1 Å². The zero-order chi connectivity index (χ0) is 15.5. The number of pyridine rings is 1. The van der Waals surface area contributed by atoms with Crippen LogP contribution in [0, 0.1) is 11.3 Å². The minimum Gasteiger partial charge on any atom is -0.266 e. The largest absolute Gasteiger partial charge is 0.285 e. The summed E-state index contributed by atoms with van der Waals surface area (Å²) in [7, 11) is 0. The summed E-state index contributed by atoms with van der Waals surface area (Å²) in [6, 6.07) is 2.18. The van der Waals surface area contributed by atoms with E-state index >= 15 is 0 Å². The van der Waals surface area contributed by atoms with E-state index in [1.54, 1.807) is 0 Å². The van der Waals surface area contributed by atoms with Crippen molar-refractivity contribution in [2.45, 2.75) is 40.0 Å². The first-order valence-corrected chi connectivity index (χ1v) is 8.41. The van der Waals surface area contributed by atoms with Gasteiger partial charge in [0.2, 0.25) is 0 Å². The van der Waals surface area contributed by atoms with Crippen LogP contribution in [0.4, 0.5) is 0 Å². The van der Waals surface area contributed by atoms with Gasteiger partial charge >= 0.3 is 0 Å². The van der Waals surface area contributed by atoms with Gasteiger partial charge in [0.25, 0.3) is 5.56 Å². The normalized spacial score (nSPS) is 18.8. The Labute approximate surface area is 131 Å². The summed E-state index contributed by atoms with van der Waals surface area (Å²) in [6.45, 7) is 6.92. The lowest BCUT2D eigenvalue weighted by atomic mass is 9.71. The first-order valence-electron chi connectivity index (χ1n) is 7.60. The second-order valence-electron chi connectivity index (χ2n) is 7.17. The summed E-state index contributed by atoms with van der Waals surface area (Å²) in [6.07, 6.45) is 3.25. The Kier molecular flexibility index (Phi) is 2.88. The van der Waals surface area contributed by atoms with Crippen LogP contribution in [0.5, 0.6) is 0 Å². The molecular formula is C16H18N4OS. The molecule has 0 aromatic carbocycles. The van der Waals surface area contributed by atoms with Gasteiger partial charge < -0.3 is 0 Å². The quantitative estimate of drug-likeness (QED) is 0.692. The van der Waals surface area contributed by atoms with Crippen LogP contribution in [0.25, 0.3) is 20.4 Å². The molecule has 1 aliphatic rings.